The molecule has 2 amide bonds. The van der Waals surface area contributed by atoms with Crippen molar-refractivity contribution in [3.63, 3.8) is 0 Å². The molecule has 5 heteroatoms. The highest BCUT2D eigenvalue weighted by Crippen LogP contribution is 2.15. The first-order valence-electron chi connectivity index (χ1n) is 8.87. The van der Waals surface area contributed by atoms with E-state index in [2.05, 4.69) is 19.2 Å². The molecule has 1 aliphatic heterocycles. The van der Waals surface area contributed by atoms with Gasteiger partial charge >= 0.3 is 6.03 Å². The van der Waals surface area contributed by atoms with E-state index in [1.165, 1.54) is 6.42 Å². The molecule has 0 aliphatic carbocycles. The Bertz CT molecular complexity index is 513. The molecule has 134 valence electrons. The average molecular weight is 334 g/mol. The van der Waals surface area contributed by atoms with Crippen LogP contribution < -0.4 is 10.1 Å². The smallest absolute Gasteiger partial charge is 0.317 e. The zero-order valence-corrected chi connectivity index (χ0v) is 15.1. The maximum atomic E-state index is 12.2. The van der Waals surface area contributed by atoms with Crippen LogP contribution in [0.1, 0.15) is 38.7 Å². The van der Waals surface area contributed by atoms with E-state index in [0.717, 1.165) is 30.8 Å². The van der Waals surface area contributed by atoms with Crippen LogP contribution in [0.2, 0.25) is 0 Å². The second-order valence-electron chi connectivity index (χ2n) is 6.88. The maximum absolute atomic E-state index is 12.2. The van der Waals surface area contributed by atoms with Crippen LogP contribution in [0.15, 0.2) is 24.3 Å². The Morgan fingerprint density at radius 2 is 2.25 bits per heavy atom. The molecule has 5 nitrogen and oxygen atoms in total. The van der Waals surface area contributed by atoms with Crippen molar-refractivity contribution in [1.82, 2.24) is 10.2 Å². The highest BCUT2D eigenvalue weighted by molar-refractivity contribution is 5.73. The van der Waals surface area contributed by atoms with Crippen molar-refractivity contribution in [3.8, 4) is 5.75 Å². The minimum absolute atomic E-state index is 0.0716. The van der Waals surface area contributed by atoms with E-state index in [-0.39, 0.29) is 12.1 Å². The number of amides is 2. The number of hydrogen-bond donors (Lipinski definition) is 1. The highest BCUT2D eigenvalue weighted by atomic mass is 16.5. The normalized spacial score (nSPS) is 17.6. The van der Waals surface area contributed by atoms with Crippen LogP contribution in [0.4, 0.5) is 4.79 Å². The van der Waals surface area contributed by atoms with E-state index in [1.807, 2.05) is 31.3 Å². The minimum atomic E-state index is -0.0716. The summed E-state index contributed by atoms with van der Waals surface area (Å²) in [7, 11) is 1.81. The molecule has 1 aromatic carbocycles. The van der Waals surface area contributed by atoms with Gasteiger partial charge < -0.3 is 19.7 Å². The van der Waals surface area contributed by atoms with Crippen molar-refractivity contribution in [3.05, 3.63) is 29.8 Å². The molecule has 0 bridgehead atoms. The van der Waals surface area contributed by atoms with Crippen molar-refractivity contribution >= 4 is 6.03 Å². The van der Waals surface area contributed by atoms with Crippen LogP contribution in [0.5, 0.6) is 5.75 Å². The van der Waals surface area contributed by atoms with Crippen LogP contribution >= 0.6 is 0 Å². The molecule has 1 aliphatic rings. The molecule has 1 atom stereocenters. The molecule has 1 N–H and O–H groups in total. The summed E-state index contributed by atoms with van der Waals surface area (Å²) in [5, 5.41) is 2.96. The third-order valence-electron chi connectivity index (χ3n) is 4.02. The molecule has 0 spiro atoms. The summed E-state index contributed by atoms with van der Waals surface area (Å²) in [5.74, 6) is 1.34. The summed E-state index contributed by atoms with van der Waals surface area (Å²) in [6, 6.07) is 7.80. The molecule has 1 aromatic rings. The number of likely N-dealkylation sites (N-methyl/N-ethyl adjacent to an activating group) is 1. The summed E-state index contributed by atoms with van der Waals surface area (Å²) < 4.78 is 11.4. The fraction of sp³-hybridized carbons (Fsp3) is 0.632. The highest BCUT2D eigenvalue weighted by Gasteiger charge is 2.18. The predicted molar refractivity (Wildman–Crippen MR) is 95.2 cm³/mol. The van der Waals surface area contributed by atoms with Crippen molar-refractivity contribution in [2.75, 3.05) is 26.8 Å². The van der Waals surface area contributed by atoms with E-state index in [0.29, 0.717) is 25.6 Å². The van der Waals surface area contributed by atoms with Gasteiger partial charge in [0, 0.05) is 26.7 Å². The molecule has 1 fully saturated rings. The molecule has 1 heterocycles. The zero-order chi connectivity index (χ0) is 17.4. The van der Waals surface area contributed by atoms with Crippen LogP contribution in [-0.2, 0) is 11.3 Å². The van der Waals surface area contributed by atoms with Gasteiger partial charge in [-0.3, -0.25) is 0 Å². The number of carbonyl (C=O) groups excluding carboxylic acids is 1. The monoisotopic (exact) mass is 334 g/mol. The van der Waals surface area contributed by atoms with E-state index in [1.54, 1.807) is 4.90 Å². The SMILES string of the molecule is CC(C)COc1cccc(CNC(=O)N(C)CC2CCCCO2)c1. The fourth-order valence-corrected chi connectivity index (χ4v) is 2.66. The molecular formula is C19H30N2O3. The third-order valence-corrected chi connectivity index (χ3v) is 4.02. The third kappa shape index (κ3) is 6.40. The summed E-state index contributed by atoms with van der Waals surface area (Å²) in [5.41, 5.74) is 1.03. The molecular weight excluding hydrogens is 304 g/mol. The number of hydrogen-bond acceptors (Lipinski definition) is 3. The number of carbonyl (C=O) groups is 1. The molecule has 2 rings (SSSR count). The van der Waals surface area contributed by atoms with E-state index in [9.17, 15) is 4.79 Å². The van der Waals surface area contributed by atoms with Crippen molar-refractivity contribution in [1.29, 1.82) is 0 Å². The number of urea groups is 1. The van der Waals surface area contributed by atoms with Gasteiger partial charge in [0.15, 0.2) is 0 Å². The first-order valence-corrected chi connectivity index (χ1v) is 8.87. The molecule has 1 saturated heterocycles. The minimum Gasteiger partial charge on any atom is -0.493 e. The van der Waals surface area contributed by atoms with Crippen LogP contribution in [-0.4, -0.2) is 43.8 Å². The lowest BCUT2D eigenvalue weighted by Gasteiger charge is -2.27. The van der Waals surface area contributed by atoms with E-state index >= 15 is 0 Å². The summed E-state index contributed by atoms with van der Waals surface area (Å²) in [4.78, 5) is 13.9. The van der Waals surface area contributed by atoms with Crippen molar-refractivity contribution in [2.45, 2.75) is 45.8 Å². The van der Waals surface area contributed by atoms with Crippen molar-refractivity contribution < 1.29 is 14.3 Å². The first-order chi connectivity index (χ1) is 11.5. The zero-order valence-electron chi connectivity index (χ0n) is 15.1. The second-order valence-corrected chi connectivity index (χ2v) is 6.88. The first kappa shape index (κ1) is 18.6. The van der Waals surface area contributed by atoms with Gasteiger partial charge in [0.2, 0.25) is 0 Å². The predicted octanol–water partition coefficient (Wildman–Crippen LogP) is 3.43. The summed E-state index contributed by atoms with van der Waals surface area (Å²) in [6.45, 7) is 6.88. The Balaban J connectivity index is 1.77. The van der Waals surface area contributed by atoms with Gasteiger partial charge in [0.25, 0.3) is 0 Å². The topological polar surface area (TPSA) is 50.8 Å². The van der Waals surface area contributed by atoms with Crippen LogP contribution in [0.3, 0.4) is 0 Å². The lowest BCUT2D eigenvalue weighted by molar-refractivity contribution is 0.00385. The van der Waals surface area contributed by atoms with Crippen LogP contribution in [0, 0.1) is 5.92 Å². The van der Waals surface area contributed by atoms with Crippen LogP contribution in [0.25, 0.3) is 0 Å². The van der Waals surface area contributed by atoms with E-state index in [4.69, 9.17) is 9.47 Å². The molecule has 24 heavy (non-hydrogen) atoms. The van der Waals surface area contributed by atoms with Crippen molar-refractivity contribution in [2.24, 2.45) is 5.92 Å². The van der Waals surface area contributed by atoms with Gasteiger partial charge in [-0.25, -0.2) is 4.79 Å². The van der Waals surface area contributed by atoms with Gasteiger partial charge in [-0.2, -0.15) is 0 Å². The maximum Gasteiger partial charge on any atom is 0.317 e. The molecule has 0 saturated carbocycles. The Morgan fingerprint density at radius 3 is 2.96 bits per heavy atom. The summed E-state index contributed by atoms with van der Waals surface area (Å²) >= 11 is 0. The lowest BCUT2D eigenvalue weighted by atomic mass is 10.1. The number of rotatable bonds is 7. The Labute approximate surface area is 145 Å². The van der Waals surface area contributed by atoms with Gasteiger partial charge in [0.05, 0.1) is 12.7 Å². The molecule has 0 aromatic heterocycles. The largest absolute Gasteiger partial charge is 0.493 e. The van der Waals surface area contributed by atoms with Gasteiger partial charge in [0.1, 0.15) is 5.75 Å². The van der Waals surface area contributed by atoms with Gasteiger partial charge in [-0.05, 0) is 42.9 Å². The number of nitrogens with zero attached hydrogens (tertiary/aromatic N) is 1. The quantitative estimate of drug-likeness (QED) is 0.831. The molecule has 0 radical (unpaired) electrons. The lowest BCUT2D eigenvalue weighted by Crippen LogP contribution is -2.42. The van der Waals surface area contributed by atoms with Gasteiger partial charge in [-0.1, -0.05) is 26.0 Å². The second kappa shape index (κ2) is 9.52. The number of nitrogens with one attached hydrogen (secondary N) is 1. The summed E-state index contributed by atoms with van der Waals surface area (Å²) in [6.07, 6.45) is 3.51. The van der Waals surface area contributed by atoms with E-state index < -0.39 is 0 Å². The van der Waals surface area contributed by atoms with Gasteiger partial charge in [-0.15, -0.1) is 0 Å². The Hall–Kier alpha value is -1.75. The number of ether oxygens (including phenoxy) is 2. The Morgan fingerprint density at radius 1 is 1.42 bits per heavy atom. The Kier molecular flexibility index (Phi) is 7.37. The number of benzene rings is 1. The standard InChI is InChI=1S/C19H30N2O3/c1-15(2)14-24-17-9-6-7-16(11-17)12-20-19(22)21(3)13-18-8-4-5-10-23-18/h6-7,9,11,15,18H,4-5,8,10,12-14H2,1-3H3,(H,20,22). The fourth-order valence-electron chi connectivity index (χ4n) is 2.66. The molecule has 1 unspecified atom stereocenters. The average Bonchev–Trinajstić information content (AvgIpc) is 2.59.